The summed E-state index contributed by atoms with van der Waals surface area (Å²) in [5, 5.41) is 6.08. The van der Waals surface area contributed by atoms with Crippen LogP contribution < -0.4 is 10.7 Å². The first kappa shape index (κ1) is 15.4. The molecule has 2 aromatic carbocycles. The van der Waals surface area contributed by atoms with Gasteiger partial charge in [-0.05, 0) is 17.7 Å². The third-order valence-corrected chi connectivity index (χ3v) is 2.73. The van der Waals surface area contributed by atoms with E-state index in [0.717, 1.165) is 5.56 Å². The number of carbonyl (C=O) groups excluding carboxylic acids is 2. The summed E-state index contributed by atoms with van der Waals surface area (Å²) in [4.78, 5) is 23.2. The van der Waals surface area contributed by atoms with Crippen molar-refractivity contribution < 1.29 is 14.0 Å². The molecule has 0 aliphatic heterocycles. The van der Waals surface area contributed by atoms with Crippen LogP contribution in [0.5, 0.6) is 0 Å². The summed E-state index contributed by atoms with van der Waals surface area (Å²) in [7, 11) is 0. The van der Waals surface area contributed by atoms with E-state index < -0.39 is 17.6 Å². The van der Waals surface area contributed by atoms with E-state index in [1.165, 1.54) is 24.4 Å². The maximum atomic E-state index is 13.4. The number of hydrogen-bond acceptors (Lipinski definition) is 3. The molecule has 5 nitrogen and oxygen atoms in total. The lowest BCUT2D eigenvalue weighted by molar-refractivity contribution is -0.120. The van der Waals surface area contributed by atoms with Crippen molar-refractivity contribution in [2.24, 2.45) is 5.10 Å². The quantitative estimate of drug-likeness (QED) is 0.652. The van der Waals surface area contributed by atoms with Gasteiger partial charge in [-0.3, -0.25) is 9.59 Å². The minimum Gasteiger partial charge on any atom is -0.343 e. The van der Waals surface area contributed by atoms with Gasteiger partial charge in [0, 0.05) is 0 Å². The fourth-order valence-electron chi connectivity index (χ4n) is 1.66. The van der Waals surface area contributed by atoms with Gasteiger partial charge in [-0.2, -0.15) is 5.10 Å². The topological polar surface area (TPSA) is 70.6 Å². The Bertz CT molecular complexity index is 687. The molecule has 2 amide bonds. The molecule has 0 aliphatic rings. The van der Waals surface area contributed by atoms with E-state index in [0.29, 0.717) is 0 Å². The lowest BCUT2D eigenvalue weighted by atomic mass is 10.2. The fraction of sp³-hybridized carbons (Fsp3) is 0.0625. The van der Waals surface area contributed by atoms with Crippen molar-refractivity contribution in [1.82, 2.24) is 10.7 Å². The number of rotatable bonds is 5. The van der Waals surface area contributed by atoms with Gasteiger partial charge in [0.2, 0.25) is 0 Å². The van der Waals surface area contributed by atoms with Gasteiger partial charge in [-0.15, -0.1) is 0 Å². The third kappa shape index (κ3) is 4.52. The molecule has 0 radical (unpaired) electrons. The van der Waals surface area contributed by atoms with E-state index in [9.17, 15) is 14.0 Å². The van der Waals surface area contributed by atoms with Crippen LogP contribution in [-0.2, 0) is 4.79 Å². The van der Waals surface area contributed by atoms with E-state index in [-0.39, 0.29) is 12.1 Å². The predicted octanol–water partition coefficient (Wildman–Crippen LogP) is 1.71. The van der Waals surface area contributed by atoms with Gasteiger partial charge in [0.15, 0.2) is 0 Å². The first-order valence-electron chi connectivity index (χ1n) is 6.56. The highest BCUT2D eigenvalue weighted by Gasteiger charge is 2.11. The van der Waals surface area contributed by atoms with Gasteiger partial charge in [0.05, 0.1) is 18.3 Å². The van der Waals surface area contributed by atoms with Crippen molar-refractivity contribution in [3.05, 3.63) is 71.5 Å². The van der Waals surface area contributed by atoms with Crippen LogP contribution in [0.3, 0.4) is 0 Å². The Labute approximate surface area is 126 Å². The van der Waals surface area contributed by atoms with Crippen molar-refractivity contribution in [2.45, 2.75) is 0 Å². The minimum atomic E-state index is -0.653. The molecule has 2 rings (SSSR count). The maximum absolute atomic E-state index is 13.4. The number of benzene rings is 2. The third-order valence-electron chi connectivity index (χ3n) is 2.73. The summed E-state index contributed by atoms with van der Waals surface area (Å²) in [6.07, 6.45) is 1.48. The number of amides is 2. The highest BCUT2D eigenvalue weighted by atomic mass is 19.1. The predicted molar refractivity (Wildman–Crippen MR) is 80.9 cm³/mol. The van der Waals surface area contributed by atoms with Crippen LogP contribution in [0.2, 0.25) is 0 Å². The number of hydrogen-bond donors (Lipinski definition) is 2. The SMILES string of the molecule is O=C(CNC(=O)c1ccccc1F)N/N=C/c1ccccc1. The lowest BCUT2D eigenvalue weighted by Gasteiger charge is -2.04. The van der Waals surface area contributed by atoms with E-state index in [4.69, 9.17) is 0 Å². The zero-order valence-corrected chi connectivity index (χ0v) is 11.6. The Hall–Kier alpha value is -3.02. The van der Waals surface area contributed by atoms with Crippen LogP contribution in [0, 0.1) is 5.82 Å². The Morgan fingerprint density at radius 2 is 1.73 bits per heavy atom. The smallest absolute Gasteiger partial charge is 0.259 e. The lowest BCUT2D eigenvalue weighted by Crippen LogP contribution is -2.35. The van der Waals surface area contributed by atoms with E-state index in [1.54, 1.807) is 6.07 Å². The second-order valence-corrected chi connectivity index (χ2v) is 4.37. The molecule has 0 fully saturated rings. The number of nitrogens with zero attached hydrogens (tertiary/aromatic N) is 1. The molecule has 112 valence electrons. The normalized spacial score (nSPS) is 10.4. The molecule has 0 saturated carbocycles. The zero-order chi connectivity index (χ0) is 15.8. The molecule has 0 aliphatic carbocycles. The Morgan fingerprint density at radius 3 is 2.45 bits per heavy atom. The van der Waals surface area contributed by atoms with Crippen molar-refractivity contribution in [3.63, 3.8) is 0 Å². The average molecular weight is 299 g/mol. The van der Waals surface area contributed by atoms with Crippen molar-refractivity contribution in [1.29, 1.82) is 0 Å². The van der Waals surface area contributed by atoms with Crippen LogP contribution in [0.15, 0.2) is 59.7 Å². The molecule has 0 spiro atoms. The highest BCUT2D eigenvalue weighted by molar-refractivity contribution is 5.96. The molecular weight excluding hydrogens is 285 g/mol. The molecule has 0 aromatic heterocycles. The largest absolute Gasteiger partial charge is 0.343 e. The summed E-state index contributed by atoms with van der Waals surface area (Å²) in [6, 6.07) is 14.8. The van der Waals surface area contributed by atoms with Crippen molar-refractivity contribution >= 4 is 18.0 Å². The standard InChI is InChI=1S/C16H14FN3O2/c17-14-9-5-4-8-13(14)16(22)18-11-15(21)20-19-10-12-6-2-1-3-7-12/h1-10H,11H2,(H,18,22)(H,20,21)/b19-10+. The van der Waals surface area contributed by atoms with Gasteiger partial charge in [-0.25, -0.2) is 9.82 Å². The Balaban J connectivity index is 1.80. The van der Waals surface area contributed by atoms with Gasteiger partial charge in [0.25, 0.3) is 11.8 Å². The zero-order valence-electron chi connectivity index (χ0n) is 11.6. The molecule has 2 aromatic rings. The summed E-state index contributed by atoms with van der Waals surface area (Å²) in [5.74, 6) is -1.79. The molecule has 0 unspecified atom stereocenters. The van der Waals surface area contributed by atoms with Gasteiger partial charge in [0.1, 0.15) is 5.82 Å². The molecule has 0 atom stereocenters. The number of carbonyl (C=O) groups is 2. The molecule has 0 heterocycles. The number of nitrogens with one attached hydrogen (secondary N) is 2. The Morgan fingerprint density at radius 1 is 1.05 bits per heavy atom. The first-order chi connectivity index (χ1) is 10.7. The summed E-state index contributed by atoms with van der Waals surface area (Å²) in [6.45, 7) is -0.292. The van der Waals surface area contributed by atoms with E-state index in [2.05, 4.69) is 15.8 Å². The number of hydrazone groups is 1. The van der Waals surface area contributed by atoms with Gasteiger partial charge in [-0.1, -0.05) is 42.5 Å². The molecule has 0 saturated heterocycles. The van der Waals surface area contributed by atoms with Crippen molar-refractivity contribution in [3.8, 4) is 0 Å². The first-order valence-corrected chi connectivity index (χ1v) is 6.56. The fourth-order valence-corrected chi connectivity index (χ4v) is 1.66. The number of halogens is 1. The van der Waals surface area contributed by atoms with E-state index in [1.807, 2.05) is 30.3 Å². The molecular formula is C16H14FN3O2. The van der Waals surface area contributed by atoms with Crippen LogP contribution in [0.4, 0.5) is 4.39 Å². The summed E-state index contributed by atoms with van der Waals surface area (Å²) in [5.41, 5.74) is 3.00. The molecule has 22 heavy (non-hydrogen) atoms. The molecule has 6 heteroatoms. The second kappa shape index (κ2) is 7.68. The molecule has 2 N–H and O–H groups in total. The van der Waals surface area contributed by atoms with Gasteiger partial charge < -0.3 is 5.32 Å². The van der Waals surface area contributed by atoms with Crippen LogP contribution in [0.1, 0.15) is 15.9 Å². The van der Waals surface area contributed by atoms with Crippen LogP contribution in [-0.4, -0.2) is 24.6 Å². The van der Waals surface area contributed by atoms with Crippen LogP contribution in [0.25, 0.3) is 0 Å². The average Bonchev–Trinajstić information content (AvgIpc) is 2.54. The van der Waals surface area contributed by atoms with Crippen molar-refractivity contribution in [2.75, 3.05) is 6.54 Å². The minimum absolute atomic E-state index is 0.108. The summed E-state index contributed by atoms with van der Waals surface area (Å²) < 4.78 is 13.4. The maximum Gasteiger partial charge on any atom is 0.259 e. The second-order valence-electron chi connectivity index (χ2n) is 4.37. The Kier molecular flexibility index (Phi) is 5.37. The summed E-state index contributed by atoms with van der Waals surface area (Å²) >= 11 is 0. The monoisotopic (exact) mass is 299 g/mol. The highest BCUT2D eigenvalue weighted by Crippen LogP contribution is 2.05. The van der Waals surface area contributed by atoms with E-state index >= 15 is 0 Å². The molecule has 0 bridgehead atoms. The van der Waals surface area contributed by atoms with Crippen LogP contribution >= 0.6 is 0 Å². The van der Waals surface area contributed by atoms with Gasteiger partial charge >= 0.3 is 0 Å².